The first-order valence-corrected chi connectivity index (χ1v) is 4.54. The van der Waals surface area contributed by atoms with Crippen LogP contribution in [0.25, 0.3) is 0 Å². The summed E-state index contributed by atoms with van der Waals surface area (Å²) in [5.74, 6) is -6.62. The van der Waals surface area contributed by atoms with Crippen LogP contribution < -0.4 is 0 Å². The summed E-state index contributed by atoms with van der Waals surface area (Å²) in [6.45, 7) is 0. The molecule has 0 aromatic carbocycles. The Morgan fingerprint density at radius 2 is 2.07 bits per heavy atom. The van der Waals surface area contributed by atoms with E-state index in [0.29, 0.717) is 0 Å². The minimum atomic E-state index is -2.69. The average molecular weight is 222 g/mol. The van der Waals surface area contributed by atoms with Gasteiger partial charge in [0.05, 0.1) is 7.11 Å². The number of carbonyl (C=O) groups excluding carboxylic acids is 1. The molecule has 15 heavy (non-hydrogen) atoms. The Morgan fingerprint density at radius 3 is 2.40 bits per heavy atom. The number of halogens is 2. The van der Waals surface area contributed by atoms with Crippen molar-refractivity contribution in [3.8, 4) is 0 Å². The van der Waals surface area contributed by atoms with E-state index in [1.54, 1.807) is 0 Å². The molecule has 86 valence electrons. The number of carboxylic acids is 1. The fraction of sp³-hybridized carbons (Fsp3) is 0.778. The maximum absolute atomic E-state index is 12.5. The van der Waals surface area contributed by atoms with Gasteiger partial charge in [-0.2, -0.15) is 0 Å². The van der Waals surface area contributed by atoms with E-state index < -0.39 is 29.7 Å². The number of hydrogen-bond donors (Lipinski definition) is 1. The number of carboxylic acid groups (broad SMARTS) is 1. The number of alkyl halides is 2. The molecule has 1 aliphatic rings. The second-order valence-electron chi connectivity index (χ2n) is 3.78. The Bertz CT molecular complexity index is 269. The molecule has 0 aromatic rings. The summed E-state index contributed by atoms with van der Waals surface area (Å²) in [4.78, 5) is 21.6. The normalized spacial score (nSPS) is 21.5. The first-order chi connectivity index (χ1) is 6.85. The summed E-state index contributed by atoms with van der Waals surface area (Å²) >= 11 is 0. The van der Waals surface area contributed by atoms with E-state index in [2.05, 4.69) is 4.74 Å². The highest BCUT2D eigenvalue weighted by Gasteiger charge is 2.47. The van der Waals surface area contributed by atoms with Crippen LogP contribution in [0.1, 0.15) is 19.3 Å². The van der Waals surface area contributed by atoms with E-state index >= 15 is 0 Å². The van der Waals surface area contributed by atoms with Gasteiger partial charge in [-0.1, -0.05) is 0 Å². The predicted octanol–water partition coefficient (Wildman–Crippen LogP) is 1.30. The van der Waals surface area contributed by atoms with E-state index in [1.807, 2.05) is 0 Å². The van der Waals surface area contributed by atoms with Crippen molar-refractivity contribution in [2.75, 3.05) is 7.11 Å². The molecule has 1 saturated carbocycles. The lowest BCUT2D eigenvalue weighted by atomic mass is 9.76. The molecule has 0 heterocycles. The van der Waals surface area contributed by atoms with Gasteiger partial charge in [-0.3, -0.25) is 9.59 Å². The van der Waals surface area contributed by atoms with Gasteiger partial charge >= 0.3 is 11.9 Å². The number of aliphatic carboxylic acids is 1. The third-order valence-corrected chi connectivity index (χ3v) is 2.53. The van der Waals surface area contributed by atoms with Crippen molar-refractivity contribution in [3.05, 3.63) is 0 Å². The summed E-state index contributed by atoms with van der Waals surface area (Å²) in [6, 6.07) is 0. The number of carbonyl (C=O) groups is 2. The van der Waals surface area contributed by atoms with Crippen LogP contribution >= 0.6 is 0 Å². The van der Waals surface area contributed by atoms with Crippen LogP contribution in [-0.4, -0.2) is 30.1 Å². The second kappa shape index (κ2) is 4.12. The predicted molar refractivity (Wildman–Crippen MR) is 45.4 cm³/mol. The molecule has 1 rings (SSSR count). The number of esters is 1. The summed E-state index contributed by atoms with van der Waals surface area (Å²) in [7, 11) is 1.08. The number of rotatable bonds is 4. The molecule has 1 fully saturated rings. The number of ether oxygens (including phenoxy) is 1. The summed E-state index contributed by atoms with van der Waals surface area (Å²) in [5.41, 5.74) is 0. The number of methoxy groups -OCH3 is 1. The molecular formula is C9H12F2O4. The highest BCUT2D eigenvalue weighted by Crippen LogP contribution is 2.45. The summed E-state index contributed by atoms with van der Waals surface area (Å²) in [6.07, 6.45) is -0.751. The van der Waals surface area contributed by atoms with Crippen LogP contribution in [0.15, 0.2) is 0 Å². The highest BCUT2D eigenvalue weighted by molar-refractivity contribution is 5.93. The van der Waals surface area contributed by atoms with Gasteiger partial charge in [-0.15, -0.1) is 0 Å². The van der Waals surface area contributed by atoms with Crippen molar-refractivity contribution in [1.29, 1.82) is 0 Å². The van der Waals surface area contributed by atoms with Gasteiger partial charge in [0.2, 0.25) is 5.92 Å². The van der Waals surface area contributed by atoms with E-state index in [9.17, 15) is 18.4 Å². The van der Waals surface area contributed by atoms with Crippen molar-refractivity contribution in [2.45, 2.75) is 25.2 Å². The Morgan fingerprint density at radius 1 is 1.53 bits per heavy atom. The van der Waals surface area contributed by atoms with Crippen LogP contribution in [0.4, 0.5) is 8.78 Å². The molecule has 1 atom stereocenters. The molecule has 6 heteroatoms. The molecule has 0 aromatic heterocycles. The molecule has 0 amide bonds. The van der Waals surface area contributed by atoms with Crippen molar-refractivity contribution < 1.29 is 28.2 Å². The topological polar surface area (TPSA) is 63.6 Å². The van der Waals surface area contributed by atoms with E-state index in [-0.39, 0.29) is 19.3 Å². The molecule has 0 bridgehead atoms. The standard InChI is InChI=1S/C9H12F2O4/c1-15-8(14)6(7(12)13)2-5-3-9(10,11)4-5/h5-6H,2-4H2,1H3,(H,12,13). The fourth-order valence-electron chi connectivity index (χ4n) is 1.73. The lowest BCUT2D eigenvalue weighted by Gasteiger charge is -2.35. The first-order valence-electron chi connectivity index (χ1n) is 4.54. The fourth-order valence-corrected chi connectivity index (χ4v) is 1.73. The van der Waals surface area contributed by atoms with Crippen LogP contribution in [0.3, 0.4) is 0 Å². The van der Waals surface area contributed by atoms with Crippen molar-refractivity contribution in [1.82, 2.24) is 0 Å². The zero-order valence-corrected chi connectivity index (χ0v) is 8.20. The molecule has 1 unspecified atom stereocenters. The largest absolute Gasteiger partial charge is 0.481 e. The molecule has 0 saturated heterocycles. The molecule has 0 aliphatic heterocycles. The van der Waals surface area contributed by atoms with Gasteiger partial charge in [0, 0.05) is 12.8 Å². The number of hydrogen-bond acceptors (Lipinski definition) is 3. The minimum Gasteiger partial charge on any atom is -0.481 e. The van der Waals surface area contributed by atoms with Gasteiger partial charge in [0.25, 0.3) is 0 Å². The van der Waals surface area contributed by atoms with Crippen molar-refractivity contribution in [2.24, 2.45) is 11.8 Å². The zero-order chi connectivity index (χ0) is 11.6. The van der Waals surface area contributed by atoms with Crippen LogP contribution in [0, 0.1) is 11.8 Å². The van der Waals surface area contributed by atoms with Gasteiger partial charge in [-0.05, 0) is 12.3 Å². The molecular weight excluding hydrogens is 210 g/mol. The Balaban J connectivity index is 2.47. The average Bonchev–Trinajstić information content (AvgIpc) is 2.09. The van der Waals surface area contributed by atoms with Gasteiger partial charge in [0.15, 0.2) is 5.92 Å². The SMILES string of the molecule is COC(=O)C(CC1CC(F)(F)C1)C(=O)O. The summed E-state index contributed by atoms with van der Waals surface area (Å²) < 4.78 is 29.2. The molecule has 1 N–H and O–H groups in total. The van der Waals surface area contributed by atoms with Crippen LogP contribution in [0.5, 0.6) is 0 Å². The minimum absolute atomic E-state index is 0.0718. The van der Waals surface area contributed by atoms with Gasteiger partial charge < -0.3 is 9.84 Å². The maximum atomic E-state index is 12.5. The van der Waals surface area contributed by atoms with E-state index in [0.717, 1.165) is 7.11 Å². The van der Waals surface area contributed by atoms with Gasteiger partial charge in [0.1, 0.15) is 0 Å². The third-order valence-electron chi connectivity index (χ3n) is 2.53. The van der Waals surface area contributed by atoms with Crippen LogP contribution in [-0.2, 0) is 14.3 Å². The molecule has 0 radical (unpaired) electrons. The molecule has 0 spiro atoms. The Labute approximate surface area is 85.2 Å². The monoisotopic (exact) mass is 222 g/mol. The molecule has 4 nitrogen and oxygen atoms in total. The van der Waals surface area contributed by atoms with E-state index in [4.69, 9.17) is 5.11 Å². The van der Waals surface area contributed by atoms with Gasteiger partial charge in [-0.25, -0.2) is 8.78 Å². The lowest BCUT2D eigenvalue weighted by molar-refractivity contribution is -0.162. The van der Waals surface area contributed by atoms with Crippen molar-refractivity contribution in [3.63, 3.8) is 0 Å². The zero-order valence-electron chi connectivity index (χ0n) is 8.20. The Kier molecular flexibility index (Phi) is 3.26. The van der Waals surface area contributed by atoms with E-state index in [1.165, 1.54) is 0 Å². The summed E-state index contributed by atoms with van der Waals surface area (Å²) in [5, 5.41) is 8.69. The van der Waals surface area contributed by atoms with Crippen LogP contribution in [0.2, 0.25) is 0 Å². The van der Waals surface area contributed by atoms with Crippen molar-refractivity contribution >= 4 is 11.9 Å². The molecule has 1 aliphatic carbocycles. The third kappa shape index (κ3) is 2.87. The quantitative estimate of drug-likeness (QED) is 0.575. The second-order valence-corrected chi connectivity index (χ2v) is 3.78. The highest BCUT2D eigenvalue weighted by atomic mass is 19.3. The maximum Gasteiger partial charge on any atom is 0.320 e. The smallest absolute Gasteiger partial charge is 0.320 e. The Hall–Kier alpha value is -1.20. The lowest BCUT2D eigenvalue weighted by Crippen LogP contribution is -2.39. The first kappa shape index (κ1) is 11.9.